The lowest BCUT2D eigenvalue weighted by atomic mass is 10.1. The van der Waals surface area contributed by atoms with E-state index in [-0.39, 0.29) is 11.4 Å². The molecule has 0 aliphatic carbocycles. The Kier molecular flexibility index (Phi) is 2.65. The molecule has 0 unspecified atom stereocenters. The molecule has 0 saturated heterocycles. The molecule has 0 fully saturated rings. The molecule has 0 bridgehead atoms. The molecule has 2 rings (SSSR count). The summed E-state index contributed by atoms with van der Waals surface area (Å²) >= 11 is 0. The summed E-state index contributed by atoms with van der Waals surface area (Å²) in [5, 5.41) is 2.93. The van der Waals surface area contributed by atoms with Gasteiger partial charge in [0.2, 0.25) is 0 Å². The van der Waals surface area contributed by atoms with Crippen molar-refractivity contribution >= 4 is 11.6 Å². The topological polar surface area (TPSA) is 46.4 Å². The predicted molar refractivity (Wildman–Crippen MR) is 67.1 cm³/mol. The average Bonchev–Trinajstić information content (AvgIpc) is 2.53. The van der Waals surface area contributed by atoms with E-state index in [1.807, 2.05) is 44.5 Å². The van der Waals surface area contributed by atoms with Gasteiger partial charge in [0.05, 0.1) is 5.69 Å². The molecule has 2 heterocycles. The maximum absolute atomic E-state index is 12.0. The van der Waals surface area contributed by atoms with Crippen LogP contribution in [0.25, 0.3) is 5.65 Å². The van der Waals surface area contributed by atoms with E-state index in [1.165, 1.54) is 0 Å². The molecule has 0 atom stereocenters. The van der Waals surface area contributed by atoms with Gasteiger partial charge in [-0.3, -0.25) is 4.79 Å². The highest BCUT2D eigenvalue weighted by molar-refractivity contribution is 5.95. The second-order valence-corrected chi connectivity index (χ2v) is 5.27. The molecule has 0 radical (unpaired) electrons. The molecule has 0 saturated carbocycles. The molecule has 1 N–H and O–H groups in total. The molecule has 17 heavy (non-hydrogen) atoms. The number of aryl methyl sites for hydroxylation is 1. The Hall–Kier alpha value is -1.84. The Balaban J connectivity index is 2.33. The summed E-state index contributed by atoms with van der Waals surface area (Å²) in [6, 6.07) is 3.60. The third-order valence-electron chi connectivity index (χ3n) is 2.33. The molecule has 90 valence electrons. The Labute approximate surface area is 101 Å². The molecule has 1 amide bonds. The summed E-state index contributed by atoms with van der Waals surface area (Å²) in [5.74, 6) is -0.0688. The van der Waals surface area contributed by atoms with Crippen LogP contribution in [0.1, 0.15) is 36.8 Å². The van der Waals surface area contributed by atoms with E-state index in [2.05, 4.69) is 10.3 Å². The lowest BCUT2D eigenvalue weighted by molar-refractivity contribution is 0.0919. The van der Waals surface area contributed by atoms with Gasteiger partial charge in [-0.25, -0.2) is 4.98 Å². The van der Waals surface area contributed by atoms with E-state index in [9.17, 15) is 4.79 Å². The first-order valence-electron chi connectivity index (χ1n) is 5.63. The zero-order valence-corrected chi connectivity index (χ0v) is 10.6. The van der Waals surface area contributed by atoms with Gasteiger partial charge in [-0.15, -0.1) is 0 Å². The second kappa shape index (κ2) is 3.87. The molecule has 2 aromatic rings. The number of hydrogen-bond acceptors (Lipinski definition) is 2. The summed E-state index contributed by atoms with van der Waals surface area (Å²) in [7, 11) is 0. The Morgan fingerprint density at radius 2 is 2.12 bits per heavy atom. The molecule has 4 heteroatoms. The quantitative estimate of drug-likeness (QED) is 0.817. The fourth-order valence-corrected chi connectivity index (χ4v) is 1.66. The standard InChI is InChI=1S/C13H17N3O/c1-9-8-16-6-5-10(7-11(16)14-9)12(17)15-13(2,3)4/h5-8H,1-4H3,(H,15,17). The van der Waals surface area contributed by atoms with Gasteiger partial charge in [0, 0.05) is 23.5 Å². The number of carbonyl (C=O) groups excluding carboxylic acids is 1. The van der Waals surface area contributed by atoms with Crippen molar-refractivity contribution in [3.05, 3.63) is 35.8 Å². The van der Waals surface area contributed by atoms with Crippen molar-refractivity contribution in [3.8, 4) is 0 Å². The van der Waals surface area contributed by atoms with Crippen LogP contribution < -0.4 is 5.32 Å². The van der Waals surface area contributed by atoms with Gasteiger partial charge in [-0.1, -0.05) is 0 Å². The first-order chi connectivity index (χ1) is 7.85. The van der Waals surface area contributed by atoms with E-state index in [1.54, 1.807) is 12.1 Å². The Bertz CT molecular complexity index is 564. The normalized spacial score (nSPS) is 11.8. The van der Waals surface area contributed by atoms with Crippen molar-refractivity contribution in [3.63, 3.8) is 0 Å². The van der Waals surface area contributed by atoms with E-state index in [0.29, 0.717) is 5.56 Å². The zero-order chi connectivity index (χ0) is 12.6. The number of fused-ring (bicyclic) bond motifs is 1. The number of hydrogen-bond donors (Lipinski definition) is 1. The number of carbonyl (C=O) groups is 1. The summed E-state index contributed by atoms with van der Waals surface area (Å²) < 4.78 is 1.91. The molecule has 0 aliphatic heterocycles. The van der Waals surface area contributed by atoms with E-state index >= 15 is 0 Å². The smallest absolute Gasteiger partial charge is 0.251 e. The second-order valence-electron chi connectivity index (χ2n) is 5.27. The summed E-state index contributed by atoms with van der Waals surface area (Å²) in [5.41, 5.74) is 2.15. The van der Waals surface area contributed by atoms with Crippen LogP contribution in [0.2, 0.25) is 0 Å². The predicted octanol–water partition coefficient (Wildman–Crippen LogP) is 2.17. The van der Waals surface area contributed by atoms with Crippen LogP contribution in [0.5, 0.6) is 0 Å². The first kappa shape index (κ1) is 11.6. The van der Waals surface area contributed by atoms with Gasteiger partial charge in [-0.2, -0.15) is 0 Å². The summed E-state index contributed by atoms with van der Waals surface area (Å²) in [4.78, 5) is 16.3. The minimum atomic E-state index is -0.228. The molecule has 4 nitrogen and oxygen atoms in total. The van der Waals surface area contributed by atoms with Crippen molar-refractivity contribution in [2.75, 3.05) is 0 Å². The highest BCUT2D eigenvalue weighted by atomic mass is 16.1. The number of aromatic nitrogens is 2. The molecule has 2 aromatic heterocycles. The Morgan fingerprint density at radius 3 is 2.76 bits per heavy atom. The van der Waals surface area contributed by atoms with Gasteiger partial charge < -0.3 is 9.72 Å². The third kappa shape index (κ3) is 2.64. The number of rotatable bonds is 1. The van der Waals surface area contributed by atoms with Gasteiger partial charge in [0.15, 0.2) is 0 Å². The zero-order valence-electron chi connectivity index (χ0n) is 10.6. The largest absolute Gasteiger partial charge is 0.347 e. The van der Waals surface area contributed by atoms with Crippen LogP contribution in [0.3, 0.4) is 0 Å². The molecule has 0 aromatic carbocycles. The third-order valence-corrected chi connectivity index (χ3v) is 2.33. The number of nitrogens with zero attached hydrogens (tertiary/aromatic N) is 2. The molecule has 0 aliphatic rings. The number of nitrogens with one attached hydrogen (secondary N) is 1. The van der Waals surface area contributed by atoms with E-state index < -0.39 is 0 Å². The average molecular weight is 231 g/mol. The van der Waals surface area contributed by atoms with Crippen LogP contribution in [-0.2, 0) is 0 Å². The van der Waals surface area contributed by atoms with Crippen molar-refractivity contribution in [2.24, 2.45) is 0 Å². The van der Waals surface area contributed by atoms with Crippen molar-refractivity contribution in [1.29, 1.82) is 0 Å². The van der Waals surface area contributed by atoms with Crippen LogP contribution >= 0.6 is 0 Å². The minimum absolute atomic E-state index is 0.0688. The van der Waals surface area contributed by atoms with Gasteiger partial charge in [-0.05, 0) is 39.8 Å². The van der Waals surface area contributed by atoms with Crippen LogP contribution in [0.15, 0.2) is 24.5 Å². The van der Waals surface area contributed by atoms with Gasteiger partial charge >= 0.3 is 0 Å². The van der Waals surface area contributed by atoms with Gasteiger partial charge in [0.25, 0.3) is 5.91 Å². The highest BCUT2D eigenvalue weighted by Crippen LogP contribution is 2.09. The summed E-state index contributed by atoms with van der Waals surface area (Å²) in [6.45, 7) is 7.82. The van der Waals surface area contributed by atoms with Crippen molar-refractivity contribution < 1.29 is 4.79 Å². The maximum atomic E-state index is 12.0. The maximum Gasteiger partial charge on any atom is 0.251 e. The van der Waals surface area contributed by atoms with Crippen LogP contribution in [0, 0.1) is 6.92 Å². The summed E-state index contributed by atoms with van der Waals surface area (Å²) in [6.07, 6.45) is 3.79. The molecular formula is C13H17N3O. The number of pyridine rings is 1. The fourth-order valence-electron chi connectivity index (χ4n) is 1.66. The van der Waals surface area contributed by atoms with Crippen molar-refractivity contribution in [2.45, 2.75) is 33.2 Å². The first-order valence-corrected chi connectivity index (χ1v) is 5.63. The van der Waals surface area contributed by atoms with Crippen LogP contribution in [-0.4, -0.2) is 20.8 Å². The highest BCUT2D eigenvalue weighted by Gasteiger charge is 2.15. The lowest BCUT2D eigenvalue weighted by Gasteiger charge is -2.20. The number of imidazole rings is 1. The molecular weight excluding hydrogens is 214 g/mol. The van der Waals surface area contributed by atoms with Crippen molar-refractivity contribution in [1.82, 2.24) is 14.7 Å². The van der Waals surface area contributed by atoms with E-state index in [4.69, 9.17) is 0 Å². The Morgan fingerprint density at radius 1 is 1.41 bits per heavy atom. The molecule has 0 spiro atoms. The van der Waals surface area contributed by atoms with E-state index in [0.717, 1.165) is 11.3 Å². The fraction of sp³-hybridized carbons (Fsp3) is 0.385. The lowest BCUT2D eigenvalue weighted by Crippen LogP contribution is -2.40. The van der Waals surface area contributed by atoms with Crippen LogP contribution in [0.4, 0.5) is 0 Å². The number of amides is 1. The monoisotopic (exact) mass is 231 g/mol. The minimum Gasteiger partial charge on any atom is -0.347 e. The SMILES string of the molecule is Cc1cn2ccc(C(=O)NC(C)(C)C)cc2n1. The van der Waals surface area contributed by atoms with Gasteiger partial charge in [0.1, 0.15) is 5.65 Å².